The van der Waals surface area contributed by atoms with Gasteiger partial charge in [0, 0.05) is 0 Å². The quantitative estimate of drug-likeness (QED) is 0.0812. The third kappa shape index (κ3) is 7.86. The van der Waals surface area contributed by atoms with Gasteiger partial charge in [-0.05, 0) is 112 Å². The monoisotopic (exact) mass is 986 g/mol. The van der Waals surface area contributed by atoms with E-state index in [1.54, 1.807) is 0 Å². The normalized spacial score (nSPS) is 54.9. The van der Waals surface area contributed by atoms with Gasteiger partial charge < -0.3 is 89.7 Å². The van der Waals surface area contributed by atoms with Gasteiger partial charge in [0.25, 0.3) is 0 Å². The van der Waals surface area contributed by atoms with Crippen LogP contribution >= 0.6 is 0 Å². The molecule has 3 heterocycles. The van der Waals surface area contributed by atoms with Gasteiger partial charge in [0.05, 0.1) is 29.8 Å². The molecule has 0 spiro atoms. The summed E-state index contributed by atoms with van der Waals surface area (Å²) in [7, 11) is 0. The van der Waals surface area contributed by atoms with E-state index in [0.29, 0.717) is 32.1 Å². The average molecular weight is 987 g/mol. The first-order valence-corrected chi connectivity index (χ1v) is 24.4. The molecule has 12 N–H and O–H groups in total. The zero-order chi connectivity index (χ0) is 51.0. The zero-order valence-electron chi connectivity index (χ0n) is 40.4. The molecule has 0 bridgehead atoms. The summed E-state index contributed by atoms with van der Waals surface area (Å²) >= 11 is 0. The lowest BCUT2D eigenvalue weighted by Crippen LogP contribution is -2.71. The van der Waals surface area contributed by atoms with Gasteiger partial charge in [-0.3, -0.25) is 9.59 Å². The lowest BCUT2D eigenvalue weighted by atomic mass is 9.33. The van der Waals surface area contributed by atoms with E-state index in [4.69, 9.17) is 28.4 Å². The maximum atomic E-state index is 15.2. The van der Waals surface area contributed by atoms with Crippen LogP contribution in [0.4, 0.5) is 0 Å². The van der Waals surface area contributed by atoms with Crippen molar-refractivity contribution in [3.8, 4) is 0 Å². The fourth-order valence-corrected chi connectivity index (χ4v) is 15.1. The van der Waals surface area contributed by atoms with Crippen molar-refractivity contribution in [2.45, 2.75) is 217 Å². The second-order valence-corrected chi connectivity index (χ2v) is 23.5. The zero-order valence-corrected chi connectivity index (χ0v) is 40.4. The number of carboxylic acid groups (broad SMARTS) is 2. The van der Waals surface area contributed by atoms with Crippen molar-refractivity contribution in [3.05, 3.63) is 11.6 Å². The number of fused-ring (bicyclic) bond motifs is 7. The molecule has 8 aliphatic rings. The number of aliphatic hydroxyl groups is 10. The first-order valence-electron chi connectivity index (χ1n) is 24.4. The van der Waals surface area contributed by atoms with Crippen molar-refractivity contribution in [2.75, 3.05) is 0 Å². The predicted molar refractivity (Wildman–Crippen MR) is 233 cm³/mol. The Kier molecular flexibility index (Phi) is 13.7. The fourth-order valence-electron chi connectivity index (χ4n) is 15.1. The average Bonchev–Trinajstić information content (AvgIpc) is 3.26. The van der Waals surface area contributed by atoms with Crippen LogP contribution in [0.1, 0.15) is 107 Å². The highest BCUT2D eigenvalue weighted by molar-refractivity contribution is 5.80. The number of carbonyl (C=O) groups is 3. The second kappa shape index (κ2) is 17.9. The first kappa shape index (κ1) is 52.9. The largest absolute Gasteiger partial charge is 0.481 e. The highest BCUT2D eigenvalue weighted by Gasteiger charge is 2.74. The molecule has 4 saturated carbocycles. The van der Waals surface area contributed by atoms with Crippen molar-refractivity contribution < 1.29 is 104 Å². The number of carboxylic acids is 2. The smallest absolute Gasteiger partial charge is 0.335 e. The van der Waals surface area contributed by atoms with Crippen molar-refractivity contribution in [2.24, 2.45) is 50.2 Å². The molecule has 69 heavy (non-hydrogen) atoms. The molecule has 21 nitrogen and oxygen atoms in total. The molecule has 5 aliphatic carbocycles. The van der Waals surface area contributed by atoms with Crippen LogP contribution in [-0.4, -0.2) is 190 Å². The molecule has 0 radical (unpaired) electrons. The molecular weight excluding hydrogens is 913 g/mol. The summed E-state index contributed by atoms with van der Waals surface area (Å²) in [5.74, 6) is -5.36. The van der Waals surface area contributed by atoms with E-state index in [0.717, 1.165) is 5.57 Å². The van der Waals surface area contributed by atoms with Gasteiger partial charge >= 0.3 is 17.9 Å². The van der Waals surface area contributed by atoms with Crippen molar-refractivity contribution in [1.29, 1.82) is 0 Å². The summed E-state index contributed by atoms with van der Waals surface area (Å²) in [4.78, 5) is 40.8. The number of hydrogen-bond acceptors (Lipinski definition) is 19. The summed E-state index contributed by atoms with van der Waals surface area (Å²) in [6, 6.07) is 0. The number of aliphatic carboxylic acids is 2. The summed E-state index contributed by atoms with van der Waals surface area (Å²) in [6.45, 7) is 14.7. The van der Waals surface area contributed by atoms with Gasteiger partial charge in [-0.15, -0.1) is 0 Å². The highest BCUT2D eigenvalue weighted by Crippen LogP contribution is 2.76. The molecule has 26 atom stereocenters. The van der Waals surface area contributed by atoms with Gasteiger partial charge in [-0.25, -0.2) is 4.79 Å². The predicted octanol–water partition coefficient (Wildman–Crippen LogP) is -0.706. The molecule has 2 unspecified atom stereocenters. The second-order valence-electron chi connectivity index (χ2n) is 23.5. The van der Waals surface area contributed by atoms with Crippen molar-refractivity contribution in [3.63, 3.8) is 0 Å². The van der Waals surface area contributed by atoms with Crippen LogP contribution in [0.2, 0.25) is 0 Å². The van der Waals surface area contributed by atoms with E-state index in [2.05, 4.69) is 33.8 Å². The minimum atomic E-state index is -2.02. The topological polar surface area (TPSA) is 349 Å². The SMILES string of the molecule is C[C@@H]1O[C@@H](O[C@H]2[C@H](OC(=O)[C@]34CCC(C)(C)CC3C3=CC[C@@H]5[C@@]6(C)C[C@H](O)[C@H](O[C@@H]7O[C@H](C(=O)O)[C@@H](O)[C@H](O)[C@H]7O)[C@@](C)(C(=O)O)C6CC[C@@]5(C)[C@]3(C)C[C@H]4O)O[C@@H](C)[C@H](O)[C@H]2O)[C@H](O)[C@H](O)[C@H]1O. The van der Waals surface area contributed by atoms with E-state index < -0.39 is 167 Å². The van der Waals surface area contributed by atoms with Crippen LogP contribution in [0.5, 0.6) is 0 Å². The Labute approximate surface area is 400 Å². The number of rotatable bonds is 8. The molecule has 0 aromatic rings. The van der Waals surface area contributed by atoms with Crippen molar-refractivity contribution in [1.82, 2.24) is 0 Å². The van der Waals surface area contributed by atoms with Crippen LogP contribution in [0.3, 0.4) is 0 Å². The minimum Gasteiger partial charge on any atom is -0.481 e. The first-order chi connectivity index (χ1) is 31.9. The van der Waals surface area contributed by atoms with E-state index in [1.807, 2.05) is 6.92 Å². The lowest BCUT2D eigenvalue weighted by molar-refractivity contribution is -0.358. The minimum absolute atomic E-state index is 0.0152. The van der Waals surface area contributed by atoms with E-state index in [1.165, 1.54) is 20.8 Å². The van der Waals surface area contributed by atoms with Gasteiger partial charge in [-0.1, -0.05) is 46.3 Å². The highest BCUT2D eigenvalue weighted by atomic mass is 16.8. The van der Waals surface area contributed by atoms with Crippen LogP contribution in [0, 0.1) is 50.2 Å². The van der Waals surface area contributed by atoms with Gasteiger partial charge in [0.1, 0.15) is 60.4 Å². The van der Waals surface area contributed by atoms with E-state index in [9.17, 15) is 70.9 Å². The van der Waals surface area contributed by atoms with E-state index >= 15 is 4.79 Å². The molecular formula is C48H74O21. The molecule has 3 aliphatic heterocycles. The maximum Gasteiger partial charge on any atom is 0.335 e. The van der Waals surface area contributed by atoms with Crippen LogP contribution in [0.15, 0.2) is 11.6 Å². The molecule has 0 aromatic carbocycles. The van der Waals surface area contributed by atoms with Crippen LogP contribution in [-0.2, 0) is 42.8 Å². The standard InChI is InChI=1S/C48H74O21/c1-18-26(51)28(53)32(57)38(64-18)67-35-30(55)27(52)19(2)65-40(35)69-42(63)48-14-13-43(3,4)15-21(48)20-9-10-23-44(5)16-22(49)36(68-39-33(58)29(54)31(56)34(66-39)37(59)60)47(8,41(61)62)24(44)11-12-45(23,6)46(20,7)17-25(48)50/h9,18-19,21-36,38-40,49-58H,10-17H2,1-8H3,(H,59,60)(H,61,62)/t18-,19-,21?,22-,23+,24?,25+,26-,27-,28+,29-,30+,31-,32+,33+,34-,35+,36-,38-,39-,40-,44+,45+,46+,47-,48+/m0/s1. The Bertz CT molecular complexity index is 2020. The summed E-state index contributed by atoms with van der Waals surface area (Å²) in [5.41, 5.74) is -5.14. The Morgan fingerprint density at radius 3 is 1.83 bits per heavy atom. The molecule has 392 valence electrons. The number of esters is 1. The van der Waals surface area contributed by atoms with Gasteiger partial charge in [0.15, 0.2) is 24.8 Å². The summed E-state index contributed by atoms with van der Waals surface area (Å²) < 4.78 is 35.2. The molecule has 8 rings (SSSR count). The number of carbonyl (C=O) groups excluding carboxylic acids is 1. The third-order valence-corrected chi connectivity index (χ3v) is 19.3. The van der Waals surface area contributed by atoms with Crippen LogP contribution in [0.25, 0.3) is 0 Å². The Balaban J connectivity index is 1.11. The summed E-state index contributed by atoms with van der Waals surface area (Å²) in [5, 5.41) is 131. The lowest BCUT2D eigenvalue weighted by Gasteiger charge is -2.71. The number of aliphatic hydroxyl groups excluding tert-OH is 10. The number of ether oxygens (including phenoxy) is 6. The van der Waals surface area contributed by atoms with Gasteiger partial charge in [-0.2, -0.15) is 0 Å². The number of allylic oxidation sites excluding steroid dienone is 2. The number of hydrogen-bond donors (Lipinski definition) is 12. The summed E-state index contributed by atoms with van der Waals surface area (Å²) in [6.07, 6.45) is -25.1. The fraction of sp³-hybridized carbons (Fsp3) is 0.896. The molecule has 3 saturated heterocycles. The molecule has 21 heteroatoms. The maximum absolute atomic E-state index is 15.2. The third-order valence-electron chi connectivity index (χ3n) is 19.3. The van der Waals surface area contributed by atoms with Crippen molar-refractivity contribution >= 4 is 17.9 Å². The molecule has 7 fully saturated rings. The van der Waals surface area contributed by atoms with Gasteiger partial charge in [0.2, 0.25) is 6.29 Å². The Morgan fingerprint density at radius 1 is 0.638 bits per heavy atom. The van der Waals surface area contributed by atoms with Crippen LogP contribution < -0.4 is 0 Å². The molecule has 0 aromatic heterocycles. The Hall–Kier alpha value is -2.45. The Morgan fingerprint density at radius 2 is 1.22 bits per heavy atom. The molecule has 0 amide bonds. The van der Waals surface area contributed by atoms with E-state index in [-0.39, 0.29) is 30.6 Å².